The first kappa shape index (κ1) is 17.4. The van der Waals surface area contributed by atoms with Crippen molar-refractivity contribution < 1.29 is 9.47 Å². The molecule has 0 radical (unpaired) electrons. The van der Waals surface area contributed by atoms with E-state index in [0.717, 1.165) is 56.8 Å². The minimum Gasteiger partial charge on any atom is -0.493 e. The SMILES string of the molecule is CCCCOc1ccccc1Cc1ccccc1OCCCC. The van der Waals surface area contributed by atoms with Gasteiger partial charge in [0.2, 0.25) is 0 Å². The van der Waals surface area contributed by atoms with Gasteiger partial charge in [-0.15, -0.1) is 0 Å². The first-order valence-corrected chi connectivity index (χ1v) is 8.76. The Balaban J connectivity index is 2.09. The van der Waals surface area contributed by atoms with Crippen molar-refractivity contribution in [1.82, 2.24) is 0 Å². The minimum absolute atomic E-state index is 0.780. The number of para-hydroxylation sites is 2. The van der Waals surface area contributed by atoms with Gasteiger partial charge in [-0.1, -0.05) is 63.1 Å². The molecule has 0 spiro atoms. The fourth-order valence-corrected chi connectivity index (χ4v) is 2.44. The fraction of sp³-hybridized carbons (Fsp3) is 0.429. The van der Waals surface area contributed by atoms with Crippen LogP contribution in [-0.4, -0.2) is 13.2 Å². The molecule has 0 atom stereocenters. The number of hydrogen-bond acceptors (Lipinski definition) is 2. The highest BCUT2D eigenvalue weighted by molar-refractivity contribution is 5.42. The molecule has 23 heavy (non-hydrogen) atoms. The molecule has 0 fully saturated rings. The number of benzene rings is 2. The summed E-state index contributed by atoms with van der Waals surface area (Å²) in [4.78, 5) is 0. The van der Waals surface area contributed by atoms with Gasteiger partial charge < -0.3 is 9.47 Å². The Bertz CT molecular complexity index is 526. The van der Waals surface area contributed by atoms with Gasteiger partial charge in [0.15, 0.2) is 0 Å². The van der Waals surface area contributed by atoms with Crippen LogP contribution in [0.25, 0.3) is 0 Å². The Morgan fingerprint density at radius 1 is 0.652 bits per heavy atom. The van der Waals surface area contributed by atoms with E-state index in [9.17, 15) is 0 Å². The summed E-state index contributed by atoms with van der Waals surface area (Å²) in [6.07, 6.45) is 5.31. The molecule has 0 aliphatic carbocycles. The first-order chi connectivity index (χ1) is 11.3. The van der Waals surface area contributed by atoms with Crippen LogP contribution in [0.2, 0.25) is 0 Å². The second-order valence-electron chi connectivity index (χ2n) is 5.80. The van der Waals surface area contributed by atoms with E-state index in [4.69, 9.17) is 9.47 Å². The number of ether oxygens (including phenoxy) is 2. The predicted octanol–water partition coefficient (Wildman–Crippen LogP) is 5.64. The summed E-state index contributed by atoms with van der Waals surface area (Å²) in [5.74, 6) is 1.98. The lowest BCUT2D eigenvalue weighted by Gasteiger charge is -2.14. The number of unbranched alkanes of at least 4 members (excludes halogenated alkanes) is 2. The van der Waals surface area contributed by atoms with E-state index in [1.807, 2.05) is 12.1 Å². The van der Waals surface area contributed by atoms with Gasteiger partial charge in [-0.05, 0) is 36.1 Å². The molecule has 2 nitrogen and oxygen atoms in total. The van der Waals surface area contributed by atoms with E-state index in [2.05, 4.69) is 50.2 Å². The normalized spacial score (nSPS) is 10.5. The van der Waals surface area contributed by atoms with Crippen LogP contribution in [0.1, 0.15) is 50.7 Å². The summed E-state index contributed by atoms with van der Waals surface area (Å²) in [7, 11) is 0. The van der Waals surface area contributed by atoms with Crippen LogP contribution < -0.4 is 9.47 Å². The monoisotopic (exact) mass is 312 g/mol. The second-order valence-corrected chi connectivity index (χ2v) is 5.80. The Morgan fingerprint density at radius 3 is 1.52 bits per heavy atom. The molecule has 0 N–H and O–H groups in total. The average Bonchev–Trinajstić information content (AvgIpc) is 2.58. The topological polar surface area (TPSA) is 18.5 Å². The maximum absolute atomic E-state index is 5.95. The van der Waals surface area contributed by atoms with Gasteiger partial charge in [-0.3, -0.25) is 0 Å². The molecule has 2 aromatic carbocycles. The van der Waals surface area contributed by atoms with Crippen molar-refractivity contribution in [2.45, 2.75) is 46.0 Å². The molecule has 0 aromatic heterocycles. The molecule has 0 unspecified atom stereocenters. The maximum Gasteiger partial charge on any atom is 0.122 e. The largest absolute Gasteiger partial charge is 0.493 e. The lowest BCUT2D eigenvalue weighted by atomic mass is 10.0. The van der Waals surface area contributed by atoms with Crippen LogP contribution in [0.15, 0.2) is 48.5 Å². The van der Waals surface area contributed by atoms with Crippen molar-refractivity contribution in [3.05, 3.63) is 59.7 Å². The zero-order valence-electron chi connectivity index (χ0n) is 14.4. The quantitative estimate of drug-likeness (QED) is 0.529. The summed E-state index contributed by atoms with van der Waals surface area (Å²) in [6.45, 7) is 5.92. The standard InChI is InChI=1S/C21H28O2/c1-3-5-15-22-20-13-9-7-11-18(20)17-19-12-8-10-14-21(19)23-16-6-4-2/h7-14H,3-6,15-17H2,1-2H3. The first-order valence-electron chi connectivity index (χ1n) is 8.76. The molecule has 0 saturated carbocycles. The van der Waals surface area contributed by atoms with Crippen molar-refractivity contribution >= 4 is 0 Å². The molecule has 0 heterocycles. The van der Waals surface area contributed by atoms with Crippen molar-refractivity contribution in [2.24, 2.45) is 0 Å². The zero-order chi connectivity index (χ0) is 16.3. The molecule has 2 rings (SSSR count). The van der Waals surface area contributed by atoms with Gasteiger partial charge in [0.25, 0.3) is 0 Å². The van der Waals surface area contributed by atoms with E-state index in [1.165, 1.54) is 11.1 Å². The molecule has 0 saturated heterocycles. The summed E-state index contributed by atoms with van der Waals surface area (Å²) in [5, 5.41) is 0. The Hall–Kier alpha value is -1.96. The van der Waals surface area contributed by atoms with Crippen molar-refractivity contribution in [3.8, 4) is 11.5 Å². The lowest BCUT2D eigenvalue weighted by Crippen LogP contribution is -2.03. The van der Waals surface area contributed by atoms with Gasteiger partial charge in [0.05, 0.1) is 13.2 Å². The molecule has 124 valence electrons. The summed E-state index contributed by atoms with van der Waals surface area (Å²) in [5.41, 5.74) is 2.44. The van der Waals surface area contributed by atoms with E-state index in [1.54, 1.807) is 0 Å². The third kappa shape index (κ3) is 5.63. The third-order valence-corrected chi connectivity index (χ3v) is 3.84. The van der Waals surface area contributed by atoms with E-state index in [-0.39, 0.29) is 0 Å². The van der Waals surface area contributed by atoms with Gasteiger partial charge >= 0.3 is 0 Å². The van der Waals surface area contributed by atoms with Gasteiger partial charge in [0.1, 0.15) is 11.5 Å². The molecule has 0 aliphatic rings. The van der Waals surface area contributed by atoms with Gasteiger partial charge in [-0.2, -0.15) is 0 Å². The highest BCUT2D eigenvalue weighted by atomic mass is 16.5. The fourth-order valence-electron chi connectivity index (χ4n) is 2.44. The summed E-state index contributed by atoms with van der Waals surface area (Å²) >= 11 is 0. The third-order valence-electron chi connectivity index (χ3n) is 3.84. The van der Waals surface area contributed by atoms with E-state index >= 15 is 0 Å². The molecule has 0 amide bonds. The zero-order valence-corrected chi connectivity index (χ0v) is 14.4. The number of rotatable bonds is 10. The van der Waals surface area contributed by atoms with Crippen LogP contribution in [0.5, 0.6) is 11.5 Å². The highest BCUT2D eigenvalue weighted by Crippen LogP contribution is 2.26. The van der Waals surface area contributed by atoms with Gasteiger partial charge in [-0.25, -0.2) is 0 Å². The van der Waals surface area contributed by atoms with Crippen molar-refractivity contribution in [3.63, 3.8) is 0 Å². The molecule has 2 aromatic rings. The lowest BCUT2D eigenvalue weighted by molar-refractivity contribution is 0.303. The van der Waals surface area contributed by atoms with E-state index < -0.39 is 0 Å². The molecular weight excluding hydrogens is 284 g/mol. The van der Waals surface area contributed by atoms with Crippen molar-refractivity contribution in [1.29, 1.82) is 0 Å². The van der Waals surface area contributed by atoms with E-state index in [0.29, 0.717) is 0 Å². The van der Waals surface area contributed by atoms with Crippen LogP contribution in [0.3, 0.4) is 0 Å². The van der Waals surface area contributed by atoms with Crippen molar-refractivity contribution in [2.75, 3.05) is 13.2 Å². The molecule has 2 heteroatoms. The van der Waals surface area contributed by atoms with Gasteiger partial charge in [0, 0.05) is 6.42 Å². The Morgan fingerprint density at radius 2 is 1.09 bits per heavy atom. The van der Waals surface area contributed by atoms with Crippen LogP contribution >= 0.6 is 0 Å². The highest BCUT2D eigenvalue weighted by Gasteiger charge is 2.08. The average molecular weight is 312 g/mol. The number of hydrogen-bond donors (Lipinski definition) is 0. The molecule has 0 aliphatic heterocycles. The van der Waals surface area contributed by atoms with Crippen LogP contribution in [0.4, 0.5) is 0 Å². The van der Waals surface area contributed by atoms with Crippen LogP contribution in [-0.2, 0) is 6.42 Å². The molecule has 0 bridgehead atoms. The smallest absolute Gasteiger partial charge is 0.122 e. The summed E-state index contributed by atoms with van der Waals surface area (Å²) < 4.78 is 11.9. The minimum atomic E-state index is 0.780. The maximum atomic E-state index is 5.95. The Labute approximate surface area is 140 Å². The van der Waals surface area contributed by atoms with Crippen LogP contribution in [0, 0.1) is 0 Å². The second kappa shape index (κ2) is 9.94. The molecular formula is C21H28O2. The summed E-state index contributed by atoms with van der Waals surface area (Å²) in [6, 6.07) is 16.6. The predicted molar refractivity (Wildman–Crippen MR) is 96.5 cm³/mol. The Kier molecular flexibility index (Phi) is 7.51.